The van der Waals surface area contributed by atoms with Crippen LogP contribution < -0.4 is 27.5 Å². The third kappa shape index (κ3) is 8.34. The normalized spacial score (nSPS) is 17.3. The van der Waals surface area contributed by atoms with Gasteiger partial charge in [-0.1, -0.05) is 12.1 Å². The molecule has 1 fully saturated rings. The molecule has 0 bridgehead atoms. The average molecular weight is 778 g/mol. The third-order valence-corrected chi connectivity index (χ3v) is 10.0. The SMILES string of the molecule is CC(=O)NC(CCC(N)=O)C(=O)Nc1ccc2c(=O)c(C(=O)N(C(=O)C(N)c3ccc(O)cc3)C3C(=O)N4C(C(=O)O)=C(COC(C)=O)CS[C@@H]34)c[nH]c2c1. The molecule has 6 amide bonds. The number of hydrogen-bond donors (Lipinski definition) is 7. The van der Waals surface area contributed by atoms with Gasteiger partial charge in [-0.3, -0.25) is 48.2 Å². The molecule has 1 aromatic heterocycles. The molecule has 0 spiro atoms. The van der Waals surface area contributed by atoms with E-state index in [-0.39, 0.29) is 52.1 Å². The number of β-lactam (4-membered cyclic amide) rings is 1. The molecule has 0 radical (unpaired) electrons. The van der Waals surface area contributed by atoms with E-state index >= 15 is 0 Å². The van der Waals surface area contributed by atoms with Crippen molar-refractivity contribution >= 4 is 75.7 Å². The number of anilines is 1. The lowest BCUT2D eigenvalue weighted by Gasteiger charge is -2.52. The maximum atomic E-state index is 14.3. The molecule has 2 aromatic carbocycles. The second kappa shape index (κ2) is 16.2. The van der Waals surface area contributed by atoms with E-state index in [2.05, 4.69) is 15.6 Å². The van der Waals surface area contributed by atoms with Gasteiger partial charge >= 0.3 is 11.9 Å². The van der Waals surface area contributed by atoms with Gasteiger partial charge in [-0.25, -0.2) is 4.79 Å². The molecule has 9 N–H and O–H groups in total. The second-order valence-electron chi connectivity index (χ2n) is 12.5. The number of thioether (sulfide) groups is 1. The number of nitrogens with zero attached hydrogens (tertiary/aromatic N) is 2. The lowest BCUT2D eigenvalue weighted by atomic mass is 9.97. The molecule has 0 aliphatic carbocycles. The number of phenolic OH excluding ortho intramolecular Hbond substituents is 1. The van der Waals surface area contributed by atoms with E-state index in [0.717, 1.165) is 29.8 Å². The number of carbonyl (C=O) groups excluding carboxylic acids is 7. The fourth-order valence-electron chi connectivity index (χ4n) is 6.02. The summed E-state index contributed by atoms with van der Waals surface area (Å²) in [6.45, 7) is 1.91. The van der Waals surface area contributed by atoms with Crippen LogP contribution in [0.25, 0.3) is 10.9 Å². The van der Waals surface area contributed by atoms with Gasteiger partial charge in [0.2, 0.25) is 23.2 Å². The van der Waals surface area contributed by atoms with Gasteiger partial charge in [0.25, 0.3) is 17.7 Å². The van der Waals surface area contributed by atoms with Crippen LogP contribution in [0.4, 0.5) is 5.69 Å². The van der Waals surface area contributed by atoms with Crippen molar-refractivity contribution in [1.82, 2.24) is 20.1 Å². The monoisotopic (exact) mass is 777 g/mol. The van der Waals surface area contributed by atoms with E-state index in [1.165, 1.54) is 49.4 Å². The number of nitrogens with one attached hydrogen (secondary N) is 3. The number of primary amides is 1. The average Bonchev–Trinajstić information content (AvgIpc) is 3.13. The van der Waals surface area contributed by atoms with E-state index in [4.69, 9.17) is 16.2 Å². The first kappa shape index (κ1) is 39.7. The highest BCUT2D eigenvalue weighted by molar-refractivity contribution is 8.00. The molecule has 2 aliphatic rings. The molecule has 0 saturated carbocycles. The number of aromatic nitrogens is 1. The van der Waals surface area contributed by atoms with Crippen LogP contribution in [0.3, 0.4) is 0 Å². The Bertz CT molecular complexity index is 2220. The molecular formula is C35H35N7O12S. The summed E-state index contributed by atoms with van der Waals surface area (Å²) in [7, 11) is 0. The van der Waals surface area contributed by atoms with Gasteiger partial charge in [0.05, 0.1) is 5.52 Å². The fraction of sp³-hybridized carbons (Fsp3) is 0.286. The van der Waals surface area contributed by atoms with E-state index in [1.54, 1.807) is 0 Å². The highest BCUT2D eigenvalue weighted by Crippen LogP contribution is 2.43. The number of H-pyrrole nitrogens is 1. The lowest BCUT2D eigenvalue weighted by molar-refractivity contribution is -0.157. The van der Waals surface area contributed by atoms with Gasteiger partial charge < -0.3 is 42.0 Å². The summed E-state index contributed by atoms with van der Waals surface area (Å²) in [4.78, 5) is 120. The van der Waals surface area contributed by atoms with Crippen LogP contribution in [0, 0.1) is 0 Å². The smallest absolute Gasteiger partial charge is 0.352 e. The zero-order valence-corrected chi connectivity index (χ0v) is 30.0. The van der Waals surface area contributed by atoms with E-state index in [0.29, 0.717) is 4.90 Å². The predicted octanol–water partition coefficient (Wildman–Crippen LogP) is -0.203. The molecule has 20 heteroatoms. The molecular weight excluding hydrogens is 742 g/mol. The first-order chi connectivity index (χ1) is 26.0. The van der Waals surface area contributed by atoms with Crippen molar-refractivity contribution in [2.75, 3.05) is 17.7 Å². The molecule has 55 heavy (non-hydrogen) atoms. The number of imide groups is 1. The molecule has 4 atom stereocenters. The Morgan fingerprint density at radius 1 is 1.07 bits per heavy atom. The fourth-order valence-corrected chi connectivity index (χ4v) is 7.39. The van der Waals surface area contributed by atoms with Gasteiger partial charge in [-0.2, -0.15) is 0 Å². The van der Waals surface area contributed by atoms with Gasteiger partial charge in [0.1, 0.15) is 47.1 Å². The van der Waals surface area contributed by atoms with Crippen molar-refractivity contribution in [2.24, 2.45) is 11.5 Å². The Morgan fingerprint density at radius 3 is 2.38 bits per heavy atom. The number of aliphatic carboxylic acids is 1. The number of esters is 1. The Balaban J connectivity index is 1.49. The molecule has 288 valence electrons. The third-order valence-electron chi connectivity index (χ3n) is 8.68. The Hall–Kier alpha value is -6.54. The first-order valence-corrected chi connectivity index (χ1v) is 17.5. The largest absolute Gasteiger partial charge is 0.508 e. The number of carboxylic acids is 1. The van der Waals surface area contributed by atoms with Crippen molar-refractivity contribution < 1.29 is 53.3 Å². The Labute approximate surface area is 315 Å². The predicted molar refractivity (Wildman–Crippen MR) is 194 cm³/mol. The Morgan fingerprint density at radius 2 is 1.76 bits per heavy atom. The number of phenols is 1. The van der Waals surface area contributed by atoms with Crippen LogP contribution in [-0.4, -0.2) is 102 Å². The minimum absolute atomic E-state index is 0.0494. The summed E-state index contributed by atoms with van der Waals surface area (Å²) < 4.78 is 4.96. The van der Waals surface area contributed by atoms with Crippen LogP contribution in [0.15, 0.2) is 64.7 Å². The molecule has 5 rings (SSSR count). The van der Waals surface area contributed by atoms with E-state index < -0.39 is 94.2 Å². The summed E-state index contributed by atoms with van der Waals surface area (Å²) >= 11 is 1.00. The molecule has 1 saturated heterocycles. The number of hydrogen-bond acceptors (Lipinski definition) is 13. The number of benzene rings is 2. The van der Waals surface area contributed by atoms with Crippen molar-refractivity contribution in [3.8, 4) is 5.75 Å². The number of ether oxygens (including phenoxy) is 1. The number of aromatic hydroxyl groups is 1. The van der Waals surface area contributed by atoms with Gasteiger partial charge in [0.15, 0.2) is 0 Å². The summed E-state index contributed by atoms with van der Waals surface area (Å²) in [5, 5.41) is 23.6. The zero-order valence-electron chi connectivity index (χ0n) is 29.2. The molecule has 3 unspecified atom stereocenters. The highest BCUT2D eigenvalue weighted by atomic mass is 32.2. The standard InChI is InChI=1S/C35H35N7O12S/c1-15(43)39-23(9-10-25(36)46)30(48)40-19-5-8-21-24(11-19)38-12-22(29(21)47)31(49)41(32(50)26(37)17-3-6-20(45)7-4-17)28-33(51)42-27(35(52)53)18(13-54-16(2)44)14-55-34(28)42/h3-8,11-12,23,26,28,34,45H,9-10,13-14,37H2,1-2H3,(H2,36,46)(H,38,47)(H,39,43)(H,40,48)(H,52,53)/t23?,26?,28?,34-/m0/s1. The minimum atomic E-state index is -1.61. The maximum absolute atomic E-state index is 14.3. The zero-order chi connectivity index (χ0) is 40.3. The van der Waals surface area contributed by atoms with Gasteiger partial charge in [-0.05, 0) is 42.3 Å². The highest BCUT2D eigenvalue weighted by Gasteiger charge is 2.59. The second-order valence-corrected chi connectivity index (χ2v) is 13.6. The van der Waals surface area contributed by atoms with Crippen molar-refractivity contribution in [1.29, 1.82) is 0 Å². The van der Waals surface area contributed by atoms with Crippen LogP contribution in [0.5, 0.6) is 5.75 Å². The number of aromatic amines is 1. The molecule has 3 aromatic rings. The quantitative estimate of drug-likeness (QED) is 0.0874. The first-order valence-electron chi connectivity index (χ1n) is 16.5. The Kier molecular flexibility index (Phi) is 11.7. The minimum Gasteiger partial charge on any atom is -0.508 e. The van der Waals surface area contributed by atoms with Crippen molar-refractivity contribution in [2.45, 2.75) is 50.2 Å². The lowest BCUT2D eigenvalue weighted by Crippen LogP contribution is -2.73. The van der Waals surface area contributed by atoms with Crippen molar-refractivity contribution in [3.63, 3.8) is 0 Å². The number of amides is 6. The summed E-state index contributed by atoms with van der Waals surface area (Å²) in [5.74, 6) is -7.57. The number of rotatable bonds is 13. The van der Waals surface area contributed by atoms with Crippen LogP contribution in [-0.2, 0) is 38.3 Å². The van der Waals surface area contributed by atoms with Crippen LogP contribution >= 0.6 is 11.8 Å². The number of pyridine rings is 1. The van der Waals surface area contributed by atoms with Gasteiger partial charge in [-0.15, -0.1) is 11.8 Å². The maximum Gasteiger partial charge on any atom is 0.352 e. The summed E-state index contributed by atoms with van der Waals surface area (Å²) in [6, 6.07) is 4.85. The molecule has 3 heterocycles. The number of fused-ring (bicyclic) bond motifs is 2. The van der Waals surface area contributed by atoms with Crippen LogP contribution in [0.1, 0.15) is 48.7 Å². The topological polar surface area (TPSA) is 302 Å². The number of carboxylic acid groups (broad SMARTS) is 1. The summed E-state index contributed by atoms with van der Waals surface area (Å²) in [6.07, 6.45) is 0.747. The van der Waals surface area contributed by atoms with E-state index in [1.807, 2.05) is 0 Å². The number of nitrogens with two attached hydrogens (primary N) is 2. The van der Waals surface area contributed by atoms with Crippen molar-refractivity contribution in [3.05, 3.63) is 81.3 Å². The van der Waals surface area contributed by atoms with Gasteiger partial charge in [0, 0.05) is 48.9 Å². The number of carbonyl (C=O) groups is 8. The van der Waals surface area contributed by atoms with Crippen LogP contribution in [0.2, 0.25) is 0 Å². The molecule has 2 aliphatic heterocycles. The molecule has 19 nitrogen and oxygen atoms in total. The van der Waals surface area contributed by atoms with E-state index in [9.17, 15) is 53.4 Å². The summed E-state index contributed by atoms with van der Waals surface area (Å²) in [5.41, 5.74) is 10.1.